The Labute approximate surface area is 170 Å². The van der Waals surface area contributed by atoms with Crippen LogP contribution in [0.4, 0.5) is 0 Å². The number of thioether (sulfide) groups is 1. The van der Waals surface area contributed by atoms with Gasteiger partial charge in [0.1, 0.15) is 5.75 Å². The van der Waals surface area contributed by atoms with Gasteiger partial charge in [-0.25, -0.2) is 4.79 Å². The fraction of sp³-hybridized carbons (Fsp3) is 0.250. The molecule has 0 aliphatic carbocycles. The van der Waals surface area contributed by atoms with Crippen LogP contribution in [0.3, 0.4) is 0 Å². The van der Waals surface area contributed by atoms with Crippen LogP contribution in [0.25, 0.3) is 10.2 Å². The Bertz CT molecular complexity index is 1040. The lowest BCUT2D eigenvalue weighted by Gasteiger charge is -2.05. The summed E-state index contributed by atoms with van der Waals surface area (Å²) in [5, 5.41) is 0. The first-order valence-electron chi connectivity index (χ1n) is 8.58. The van der Waals surface area contributed by atoms with Gasteiger partial charge in [-0.05, 0) is 36.6 Å². The number of fused-ring (bicyclic) bond motifs is 1. The molecule has 0 unspecified atom stereocenters. The van der Waals surface area contributed by atoms with Gasteiger partial charge in [0, 0.05) is 12.3 Å². The highest BCUT2D eigenvalue weighted by atomic mass is 32.2. The summed E-state index contributed by atoms with van der Waals surface area (Å²) >= 11 is 3.08. The number of carbonyl (C=O) groups excluding carboxylic acids is 2. The maximum Gasteiger partial charge on any atom is 0.337 e. The largest absolute Gasteiger partial charge is 0.484 e. The third-order valence-electron chi connectivity index (χ3n) is 3.95. The van der Waals surface area contributed by atoms with Crippen LogP contribution in [0.15, 0.2) is 53.5 Å². The van der Waals surface area contributed by atoms with Gasteiger partial charge in [-0.1, -0.05) is 29.5 Å². The number of para-hydroxylation sites is 1. The quantitative estimate of drug-likeness (QED) is 0.553. The number of nitrogens with zero attached hydrogens (tertiary/aromatic N) is 2. The van der Waals surface area contributed by atoms with Crippen LogP contribution in [-0.2, 0) is 16.1 Å². The van der Waals surface area contributed by atoms with E-state index >= 15 is 0 Å². The minimum Gasteiger partial charge on any atom is -0.484 e. The fourth-order valence-corrected chi connectivity index (χ4v) is 4.08. The number of hydrogen-bond acceptors (Lipinski definition) is 6. The Morgan fingerprint density at radius 2 is 1.96 bits per heavy atom. The first-order chi connectivity index (χ1) is 13.6. The van der Waals surface area contributed by atoms with E-state index in [1.807, 2.05) is 35.1 Å². The van der Waals surface area contributed by atoms with E-state index in [2.05, 4.69) is 4.99 Å². The lowest BCUT2D eigenvalue weighted by molar-refractivity contribution is -0.120. The Morgan fingerprint density at radius 3 is 2.68 bits per heavy atom. The number of benzene rings is 2. The molecule has 0 saturated carbocycles. The van der Waals surface area contributed by atoms with Crippen LogP contribution in [0.1, 0.15) is 10.4 Å². The Kier molecular flexibility index (Phi) is 6.89. The summed E-state index contributed by atoms with van der Waals surface area (Å²) in [5.41, 5.74) is 1.40. The lowest BCUT2D eigenvalue weighted by Crippen LogP contribution is -2.20. The number of hydrogen-bond donors (Lipinski definition) is 0. The van der Waals surface area contributed by atoms with E-state index in [1.54, 1.807) is 36.0 Å². The summed E-state index contributed by atoms with van der Waals surface area (Å²) in [7, 11) is 1.35. The Hall–Kier alpha value is -2.58. The predicted octanol–water partition coefficient (Wildman–Crippen LogP) is 3.36. The van der Waals surface area contributed by atoms with Gasteiger partial charge in [-0.15, -0.1) is 0 Å². The van der Waals surface area contributed by atoms with Crippen LogP contribution in [-0.4, -0.2) is 42.2 Å². The summed E-state index contributed by atoms with van der Waals surface area (Å²) in [6.45, 7) is 0.582. The van der Waals surface area contributed by atoms with E-state index in [9.17, 15) is 9.59 Å². The molecule has 6 nitrogen and oxygen atoms in total. The molecule has 3 aromatic rings. The number of aromatic nitrogens is 1. The molecule has 0 radical (unpaired) electrons. The number of rotatable bonds is 7. The molecule has 0 fully saturated rings. The standard InChI is InChI=1S/C20H20N2O4S2/c1-25-19(24)14-8-9-16-17(12-14)28-20(22(16)10-11-27-2)21-18(23)13-26-15-6-4-3-5-7-15/h3-9,12H,10-11,13H2,1-2H3. The van der Waals surface area contributed by atoms with Crippen LogP contribution in [0, 0.1) is 0 Å². The van der Waals surface area contributed by atoms with E-state index in [4.69, 9.17) is 9.47 Å². The van der Waals surface area contributed by atoms with E-state index in [1.165, 1.54) is 18.4 Å². The second kappa shape index (κ2) is 9.57. The topological polar surface area (TPSA) is 69.9 Å². The molecule has 0 spiro atoms. The molecular formula is C20H20N2O4S2. The maximum absolute atomic E-state index is 12.3. The van der Waals surface area contributed by atoms with Crippen molar-refractivity contribution in [1.29, 1.82) is 0 Å². The number of ether oxygens (including phenoxy) is 2. The molecule has 1 aromatic heterocycles. The smallest absolute Gasteiger partial charge is 0.337 e. The maximum atomic E-state index is 12.3. The van der Waals surface area contributed by atoms with Gasteiger partial charge < -0.3 is 14.0 Å². The summed E-state index contributed by atoms with van der Waals surface area (Å²) in [6, 6.07) is 14.5. The first kappa shape index (κ1) is 20.2. The first-order valence-corrected chi connectivity index (χ1v) is 10.8. The highest BCUT2D eigenvalue weighted by molar-refractivity contribution is 7.98. The van der Waals surface area contributed by atoms with E-state index in [-0.39, 0.29) is 12.5 Å². The number of esters is 1. The van der Waals surface area contributed by atoms with Crippen LogP contribution >= 0.6 is 23.1 Å². The molecule has 1 amide bonds. The zero-order valence-electron chi connectivity index (χ0n) is 15.6. The van der Waals surface area contributed by atoms with Crippen molar-refractivity contribution in [3.8, 4) is 5.75 Å². The van der Waals surface area contributed by atoms with Crippen molar-refractivity contribution >= 4 is 45.2 Å². The average molecular weight is 417 g/mol. The molecule has 0 aliphatic heterocycles. The van der Waals surface area contributed by atoms with Crippen molar-refractivity contribution in [1.82, 2.24) is 4.57 Å². The predicted molar refractivity (Wildman–Crippen MR) is 112 cm³/mol. The molecule has 8 heteroatoms. The number of methoxy groups -OCH3 is 1. The molecule has 146 valence electrons. The molecule has 2 aromatic carbocycles. The van der Waals surface area contributed by atoms with E-state index in [0.717, 1.165) is 16.0 Å². The molecule has 3 rings (SSSR count). The molecule has 0 atom stereocenters. The van der Waals surface area contributed by atoms with Crippen molar-refractivity contribution < 1.29 is 19.1 Å². The highest BCUT2D eigenvalue weighted by Gasteiger charge is 2.12. The van der Waals surface area contributed by atoms with Gasteiger partial charge in [0.05, 0.1) is 22.9 Å². The Balaban J connectivity index is 1.91. The van der Waals surface area contributed by atoms with Crippen LogP contribution in [0.2, 0.25) is 0 Å². The van der Waals surface area contributed by atoms with Crippen molar-refractivity contribution in [3.05, 3.63) is 58.9 Å². The molecule has 0 aliphatic rings. The molecule has 0 N–H and O–H groups in total. The number of thiazole rings is 1. The minimum atomic E-state index is -0.392. The van der Waals surface area contributed by atoms with Gasteiger partial charge in [0.15, 0.2) is 11.4 Å². The summed E-state index contributed by atoms with van der Waals surface area (Å²) in [5.74, 6) is 0.755. The van der Waals surface area contributed by atoms with Crippen LogP contribution in [0.5, 0.6) is 5.75 Å². The third kappa shape index (κ3) is 4.82. The van der Waals surface area contributed by atoms with Crippen LogP contribution < -0.4 is 9.54 Å². The second-order valence-corrected chi connectivity index (χ2v) is 7.81. The van der Waals surface area contributed by atoms with Gasteiger partial charge in [-0.3, -0.25) is 4.79 Å². The third-order valence-corrected chi connectivity index (χ3v) is 5.58. The zero-order valence-corrected chi connectivity index (χ0v) is 17.2. The van der Waals surface area contributed by atoms with E-state index < -0.39 is 5.97 Å². The van der Waals surface area contributed by atoms with Crippen molar-refractivity contribution in [2.45, 2.75) is 6.54 Å². The molecule has 1 heterocycles. The molecular weight excluding hydrogens is 396 g/mol. The lowest BCUT2D eigenvalue weighted by atomic mass is 10.2. The zero-order chi connectivity index (χ0) is 19.9. The van der Waals surface area contributed by atoms with Crippen molar-refractivity contribution in [3.63, 3.8) is 0 Å². The minimum absolute atomic E-state index is 0.131. The molecule has 0 bridgehead atoms. The number of amides is 1. The SMILES string of the molecule is COC(=O)c1ccc2c(c1)sc(=NC(=O)COc1ccccc1)n2CCSC. The van der Waals surface area contributed by atoms with Gasteiger partial charge in [0.25, 0.3) is 5.91 Å². The molecule has 0 saturated heterocycles. The van der Waals surface area contributed by atoms with E-state index in [0.29, 0.717) is 22.7 Å². The number of aryl methyl sites for hydroxylation is 1. The Morgan fingerprint density at radius 1 is 1.18 bits per heavy atom. The van der Waals surface area contributed by atoms with Gasteiger partial charge >= 0.3 is 5.97 Å². The second-order valence-electron chi connectivity index (χ2n) is 5.81. The summed E-state index contributed by atoms with van der Waals surface area (Å²) < 4.78 is 13.1. The number of carbonyl (C=O) groups is 2. The molecule has 28 heavy (non-hydrogen) atoms. The van der Waals surface area contributed by atoms with Gasteiger partial charge in [0.2, 0.25) is 0 Å². The monoisotopic (exact) mass is 416 g/mol. The van der Waals surface area contributed by atoms with Crippen molar-refractivity contribution in [2.24, 2.45) is 4.99 Å². The summed E-state index contributed by atoms with van der Waals surface area (Å²) in [6.07, 6.45) is 2.03. The van der Waals surface area contributed by atoms with Crippen molar-refractivity contribution in [2.75, 3.05) is 25.7 Å². The fourth-order valence-electron chi connectivity index (χ4n) is 2.60. The summed E-state index contributed by atoms with van der Waals surface area (Å²) in [4.78, 5) is 29.0. The average Bonchev–Trinajstić information content (AvgIpc) is 3.06. The highest BCUT2D eigenvalue weighted by Crippen LogP contribution is 2.20. The normalized spacial score (nSPS) is 11.6. The van der Waals surface area contributed by atoms with Gasteiger partial charge in [-0.2, -0.15) is 16.8 Å².